The van der Waals surface area contributed by atoms with Crippen molar-refractivity contribution in [3.05, 3.63) is 54.1 Å². The summed E-state index contributed by atoms with van der Waals surface area (Å²) in [7, 11) is 1.95. The minimum Gasteiger partial charge on any atom is -0.326 e. The molecule has 2 aromatic rings. The van der Waals surface area contributed by atoms with E-state index in [9.17, 15) is 4.79 Å². The molecule has 0 heterocycles. The first-order chi connectivity index (χ1) is 9.69. The molecule has 3 nitrogen and oxygen atoms in total. The smallest absolute Gasteiger partial charge is 0.221 e. The first kappa shape index (κ1) is 14.6. The van der Waals surface area contributed by atoms with Crippen molar-refractivity contribution < 1.29 is 4.79 Å². The van der Waals surface area contributed by atoms with E-state index in [4.69, 9.17) is 0 Å². The second-order valence-corrected chi connectivity index (χ2v) is 5.56. The minimum absolute atomic E-state index is 0.0511. The summed E-state index contributed by atoms with van der Waals surface area (Å²) in [5.41, 5.74) is 2.11. The van der Waals surface area contributed by atoms with Crippen LogP contribution in [0.2, 0.25) is 0 Å². The van der Waals surface area contributed by atoms with E-state index < -0.39 is 0 Å². The molecule has 0 spiro atoms. The first-order valence-electron chi connectivity index (χ1n) is 6.47. The van der Waals surface area contributed by atoms with Crippen LogP contribution in [0.4, 0.5) is 5.69 Å². The van der Waals surface area contributed by atoms with Crippen molar-refractivity contribution in [2.24, 2.45) is 0 Å². The summed E-state index contributed by atoms with van der Waals surface area (Å²) < 4.78 is 0. The Bertz CT molecular complexity index is 581. The summed E-state index contributed by atoms with van der Waals surface area (Å²) >= 11 is 1.73. The maximum Gasteiger partial charge on any atom is 0.221 e. The second-order valence-electron chi connectivity index (χ2n) is 4.45. The number of hydrogen-bond donors (Lipinski definition) is 2. The van der Waals surface area contributed by atoms with Gasteiger partial charge in [0.05, 0.1) is 0 Å². The summed E-state index contributed by atoms with van der Waals surface area (Å²) in [5.74, 6) is -0.0511. The van der Waals surface area contributed by atoms with E-state index in [0.717, 1.165) is 17.1 Å². The topological polar surface area (TPSA) is 41.1 Å². The van der Waals surface area contributed by atoms with Gasteiger partial charge >= 0.3 is 0 Å². The number of amides is 1. The highest BCUT2D eigenvalue weighted by atomic mass is 32.2. The van der Waals surface area contributed by atoms with E-state index in [2.05, 4.69) is 28.8 Å². The van der Waals surface area contributed by atoms with Crippen molar-refractivity contribution in [2.75, 3.05) is 12.4 Å². The molecule has 0 aliphatic carbocycles. The van der Waals surface area contributed by atoms with Crippen molar-refractivity contribution in [3.63, 3.8) is 0 Å². The van der Waals surface area contributed by atoms with Crippen molar-refractivity contribution in [1.82, 2.24) is 5.32 Å². The summed E-state index contributed by atoms with van der Waals surface area (Å²) in [6.07, 6.45) is 0. The fourth-order valence-electron chi connectivity index (χ4n) is 1.88. The molecule has 0 atom stereocenters. The number of benzene rings is 2. The number of hydrogen-bond acceptors (Lipinski definition) is 3. The van der Waals surface area contributed by atoms with Gasteiger partial charge in [0.2, 0.25) is 5.91 Å². The Morgan fingerprint density at radius 2 is 1.80 bits per heavy atom. The van der Waals surface area contributed by atoms with Crippen LogP contribution in [-0.2, 0) is 11.3 Å². The second kappa shape index (κ2) is 7.12. The molecule has 0 aromatic heterocycles. The summed E-state index contributed by atoms with van der Waals surface area (Å²) in [6.45, 7) is 2.36. The summed E-state index contributed by atoms with van der Waals surface area (Å²) in [6, 6.07) is 16.2. The van der Waals surface area contributed by atoms with Gasteiger partial charge in [0, 0.05) is 28.9 Å². The maximum absolute atomic E-state index is 11.0. The average Bonchev–Trinajstić information content (AvgIpc) is 2.43. The number of carbonyl (C=O) groups is 1. The van der Waals surface area contributed by atoms with E-state index in [1.807, 2.05) is 37.4 Å². The summed E-state index contributed by atoms with van der Waals surface area (Å²) in [4.78, 5) is 13.4. The maximum atomic E-state index is 11.0. The lowest BCUT2D eigenvalue weighted by atomic mass is 10.2. The highest BCUT2D eigenvalue weighted by Crippen LogP contribution is 2.31. The lowest BCUT2D eigenvalue weighted by Gasteiger charge is -2.09. The van der Waals surface area contributed by atoms with Gasteiger partial charge in [0.1, 0.15) is 0 Å². The number of rotatable bonds is 5. The lowest BCUT2D eigenvalue weighted by Crippen LogP contribution is -2.06. The normalized spacial score (nSPS) is 10.3. The number of anilines is 1. The Morgan fingerprint density at radius 1 is 1.10 bits per heavy atom. The zero-order chi connectivity index (χ0) is 14.4. The molecule has 4 heteroatoms. The van der Waals surface area contributed by atoms with Crippen LogP contribution >= 0.6 is 11.8 Å². The van der Waals surface area contributed by atoms with Crippen LogP contribution in [0, 0.1) is 0 Å². The van der Waals surface area contributed by atoms with Gasteiger partial charge in [-0.05, 0) is 42.9 Å². The molecular weight excluding hydrogens is 268 g/mol. The zero-order valence-corrected chi connectivity index (χ0v) is 12.5. The van der Waals surface area contributed by atoms with Gasteiger partial charge in [-0.2, -0.15) is 0 Å². The third kappa shape index (κ3) is 4.11. The van der Waals surface area contributed by atoms with Gasteiger partial charge in [-0.25, -0.2) is 0 Å². The highest BCUT2D eigenvalue weighted by Gasteiger charge is 2.03. The predicted molar refractivity (Wildman–Crippen MR) is 84.1 cm³/mol. The van der Waals surface area contributed by atoms with Gasteiger partial charge < -0.3 is 10.6 Å². The number of nitrogens with one attached hydrogen (secondary N) is 2. The van der Waals surface area contributed by atoms with Crippen LogP contribution in [-0.4, -0.2) is 13.0 Å². The fourth-order valence-corrected chi connectivity index (χ4v) is 2.82. The van der Waals surface area contributed by atoms with Crippen molar-refractivity contribution in [2.45, 2.75) is 23.3 Å². The van der Waals surface area contributed by atoms with Crippen LogP contribution in [0.3, 0.4) is 0 Å². The van der Waals surface area contributed by atoms with Gasteiger partial charge in [0.15, 0.2) is 0 Å². The van der Waals surface area contributed by atoms with Gasteiger partial charge in [-0.15, -0.1) is 0 Å². The average molecular weight is 286 g/mol. The molecule has 0 fully saturated rings. The largest absolute Gasteiger partial charge is 0.326 e. The van der Waals surface area contributed by atoms with E-state index in [-0.39, 0.29) is 5.91 Å². The molecule has 0 radical (unpaired) electrons. The minimum atomic E-state index is -0.0511. The number of carbonyl (C=O) groups excluding carboxylic acids is 1. The predicted octanol–water partition coefficient (Wildman–Crippen LogP) is 3.52. The molecule has 20 heavy (non-hydrogen) atoms. The molecule has 0 saturated carbocycles. The Balaban J connectivity index is 2.12. The van der Waals surface area contributed by atoms with E-state index in [0.29, 0.717) is 0 Å². The van der Waals surface area contributed by atoms with Crippen molar-refractivity contribution >= 4 is 23.4 Å². The third-order valence-corrected chi connectivity index (χ3v) is 3.87. The molecule has 1 amide bonds. The molecule has 0 bridgehead atoms. The summed E-state index contributed by atoms with van der Waals surface area (Å²) in [5, 5.41) is 5.95. The van der Waals surface area contributed by atoms with Crippen LogP contribution in [0.25, 0.3) is 0 Å². The van der Waals surface area contributed by atoms with Crippen LogP contribution in [0.1, 0.15) is 12.5 Å². The van der Waals surface area contributed by atoms with Crippen molar-refractivity contribution in [1.29, 1.82) is 0 Å². The zero-order valence-electron chi connectivity index (χ0n) is 11.6. The molecule has 2 N–H and O–H groups in total. The monoisotopic (exact) mass is 286 g/mol. The Hall–Kier alpha value is -1.78. The molecular formula is C16H18N2OS. The van der Waals surface area contributed by atoms with E-state index >= 15 is 0 Å². The Morgan fingerprint density at radius 3 is 2.45 bits per heavy atom. The molecule has 0 saturated heterocycles. The molecule has 2 aromatic carbocycles. The van der Waals surface area contributed by atoms with Crippen molar-refractivity contribution in [3.8, 4) is 0 Å². The van der Waals surface area contributed by atoms with E-state index in [1.54, 1.807) is 11.8 Å². The molecule has 104 valence electrons. The standard InChI is InChI=1S/C16H18N2OS/c1-12(19)18-14-7-9-15(10-8-14)20-16-6-4-3-5-13(16)11-17-2/h3-10,17H,11H2,1-2H3,(H,18,19). The van der Waals surface area contributed by atoms with Crippen LogP contribution in [0.5, 0.6) is 0 Å². The Labute approximate surface area is 123 Å². The van der Waals surface area contributed by atoms with E-state index in [1.165, 1.54) is 17.4 Å². The van der Waals surface area contributed by atoms with Gasteiger partial charge in [0.25, 0.3) is 0 Å². The molecule has 0 unspecified atom stereocenters. The molecule has 0 aliphatic heterocycles. The van der Waals surface area contributed by atoms with Gasteiger partial charge in [-0.1, -0.05) is 30.0 Å². The van der Waals surface area contributed by atoms with Crippen LogP contribution in [0.15, 0.2) is 58.3 Å². The van der Waals surface area contributed by atoms with Crippen LogP contribution < -0.4 is 10.6 Å². The molecule has 0 aliphatic rings. The SMILES string of the molecule is CNCc1ccccc1Sc1ccc(NC(C)=O)cc1. The fraction of sp³-hybridized carbons (Fsp3) is 0.188. The van der Waals surface area contributed by atoms with Gasteiger partial charge in [-0.3, -0.25) is 4.79 Å². The molecule has 2 rings (SSSR count). The first-order valence-corrected chi connectivity index (χ1v) is 7.28. The third-order valence-electron chi connectivity index (χ3n) is 2.74. The lowest BCUT2D eigenvalue weighted by molar-refractivity contribution is -0.114. The quantitative estimate of drug-likeness (QED) is 0.883. The highest BCUT2D eigenvalue weighted by molar-refractivity contribution is 7.99. The Kier molecular flexibility index (Phi) is 5.21.